The predicted molar refractivity (Wildman–Crippen MR) is 158 cm³/mol. The third-order valence-corrected chi connectivity index (χ3v) is 7.51. The summed E-state index contributed by atoms with van der Waals surface area (Å²) in [6, 6.07) is 21.9. The number of para-hydroxylation sites is 1. The molecule has 0 aliphatic carbocycles. The number of aryl methyl sites for hydroxylation is 2. The SMILES string of the molecule is CC[C@H](C)n1c(C)c(/C=N/NC(=O)c2cc(-c3ccc(Cl)cc3)nc3ccc(C)cc23)c2cccc(C)c21. The van der Waals surface area contributed by atoms with Gasteiger partial charge in [0.2, 0.25) is 0 Å². The summed E-state index contributed by atoms with van der Waals surface area (Å²) in [5, 5.41) is 7.00. The highest BCUT2D eigenvalue weighted by atomic mass is 35.5. The molecule has 0 fully saturated rings. The molecule has 0 aliphatic heterocycles. The van der Waals surface area contributed by atoms with E-state index < -0.39 is 0 Å². The third-order valence-electron chi connectivity index (χ3n) is 7.26. The van der Waals surface area contributed by atoms with Crippen LogP contribution >= 0.6 is 11.6 Å². The molecular formula is C32H31ClN4O. The second kappa shape index (κ2) is 10.4. The highest BCUT2D eigenvalue weighted by Crippen LogP contribution is 2.31. The summed E-state index contributed by atoms with van der Waals surface area (Å²) < 4.78 is 2.38. The molecule has 1 atom stereocenters. The van der Waals surface area contributed by atoms with Crippen LogP contribution in [0.25, 0.3) is 33.1 Å². The summed E-state index contributed by atoms with van der Waals surface area (Å²) >= 11 is 6.08. The molecule has 0 unspecified atom stereocenters. The molecular weight excluding hydrogens is 492 g/mol. The quantitative estimate of drug-likeness (QED) is 0.180. The van der Waals surface area contributed by atoms with Gasteiger partial charge in [-0.15, -0.1) is 0 Å². The second-order valence-corrected chi connectivity index (χ2v) is 10.3. The van der Waals surface area contributed by atoms with Crippen molar-refractivity contribution >= 4 is 45.5 Å². The molecule has 5 nitrogen and oxygen atoms in total. The van der Waals surface area contributed by atoms with E-state index in [0.29, 0.717) is 22.3 Å². The number of carbonyl (C=O) groups is 1. The minimum absolute atomic E-state index is 0.283. The number of nitrogens with zero attached hydrogens (tertiary/aromatic N) is 3. The van der Waals surface area contributed by atoms with E-state index in [0.717, 1.165) is 45.1 Å². The number of halogens is 1. The Hall–Kier alpha value is -3.96. The van der Waals surface area contributed by atoms with Gasteiger partial charge in [0.15, 0.2) is 0 Å². The van der Waals surface area contributed by atoms with Crippen LogP contribution < -0.4 is 5.43 Å². The lowest BCUT2D eigenvalue weighted by Crippen LogP contribution is -2.18. The first-order valence-corrected chi connectivity index (χ1v) is 13.3. The van der Waals surface area contributed by atoms with Gasteiger partial charge in [0, 0.05) is 38.7 Å². The monoisotopic (exact) mass is 522 g/mol. The average molecular weight is 523 g/mol. The van der Waals surface area contributed by atoms with Crippen molar-refractivity contribution in [1.29, 1.82) is 0 Å². The van der Waals surface area contributed by atoms with Crippen LogP contribution in [0.4, 0.5) is 0 Å². The molecule has 0 spiro atoms. The number of benzene rings is 3. The predicted octanol–water partition coefficient (Wildman–Crippen LogP) is 8.17. The van der Waals surface area contributed by atoms with Gasteiger partial charge in [0.1, 0.15) is 0 Å². The van der Waals surface area contributed by atoms with Crippen LogP contribution in [0.3, 0.4) is 0 Å². The van der Waals surface area contributed by atoms with Crippen LogP contribution in [0.1, 0.15) is 59.1 Å². The Morgan fingerprint density at radius 3 is 2.55 bits per heavy atom. The van der Waals surface area contributed by atoms with Gasteiger partial charge in [-0.2, -0.15) is 5.10 Å². The average Bonchev–Trinajstić information content (AvgIpc) is 3.20. The molecule has 0 saturated carbocycles. The molecule has 3 aromatic carbocycles. The van der Waals surface area contributed by atoms with Crippen molar-refractivity contribution in [2.75, 3.05) is 0 Å². The van der Waals surface area contributed by atoms with Gasteiger partial charge in [-0.25, -0.2) is 10.4 Å². The Bertz CT molecular complexity index is 1700. The van der Waals surface area contributed by atoms with Gasteiger partial charge in [-0.05, 0) is 70.0 Å². The van der Waals surface area contributed by atoms with Crippen molar-refractivity contribution in [3.63, 3.8) is 0 Å². The highest BCUT2D eigenvalue weighted by Gasteiger charge is 2.18. The minimum Gasteiger partial charge on any atom is -0.341 e. The minimum atomic E-state index is -0.283. The van der Waals surface area contributed by atoms with Gasteiger partial charge in [0.25, 0.3) is 5.91 Å². The van der Waals surface area contributed by atoms with Gasteiger partial charge in [-0.3, -0.25) is 4.79 Å². The van der Waals surface area contributed by atoms with Gasteiger partial charge < -0.3 is 4.57 Å². The Morgan fingerprint density at radius 2 is 1.82 bits per heavy atom. The molecule has 0 bridgehead atoms. The van der Waals surface area contributed by atoms with Crippen molar-refractivity contribution < 1.29 is 4.79 Å². The van der Waals surface area contributed by atoms with E-state index in [1.54, 1.807) is 6.21 Å². The van der Waals surface area contributed by atoms with E-state index in [4.69, 9.17) is 16.6 Å². The lowest BCUT2D eigenvalue weighted by atomic mass is 10.0. The molecule has 0 saturated heterocycles. The summed E-state index contributed by atoms with van der Waals surface area (Å²) in [4.78, 5) is 18.3. The zero-order chi connectivity index (χ0) is 27.0. The maximum atomic E-state index is 13.5. The van der Waals surface area contributed by atoms with E-state index in [2.05, 4.69) is 61.0 Å². The maximum Gasteiger partial charge on any atom is 0.272 e. The molecule has 1 amide bonds. The summed E-state index contributed by atoms with van der Waals surface area (Å²) in [7, 11) is 0. The molecule has 2 heterocycles. The molecule has 2 aromatic heterocycles. The number of aromatic nitrogens is 2. The lowest BCUT2D eigenvalue weighted by Gasteiger charge is -2.16. The number of carbonyl (C=O) groups excluding carboxylic acids is 1. The first kappa shape index (κ1) is 25.7. The van der Waals surface area contributed by atoms with E-state index in [9.17, 15) is 4.79 Å². The van der Waals surface area contributed by atoms with E-state index in [1.165, 1.54) is 11.1 Å². The van der Waals surface area contributed by atoms with Gasteiger partial charge in [-0.1, -0.05) is 60.5 Å². The fourth-order valence-electron chi connectivity index (χ4n) is 5.10. The normalized spacial score (nSPS) is 12.5. The van der Waals surface area contributed by atoms with Crippen LogP contribution in [0.2, 0.25) is 5.02 Å². The molecule has 6 heteroatoms. The topological polar surface area (TPSA) is 59.3 Å². The molecule has 192 valence electrons. The fraction of sp³-hybridized carbons (Fsp3) is 0.219. The van der Waals surface area contributed by atoms with Crippen molar-refractivity contribution in [3.05, 3.63) is 99.7 Å². The van der Waals surface area contributed by atoms with Crippen LogP contribution in [0, 0.1) is 20.8 Å². The smallest absolute Gasteiger partial charge is 0.272 e. The molecule has 0 aliphatic rings. The standard InChI is InChI=1S/C32H31ClN4O/c1-6-21(4)37-22(5)28(25-9-7-8-20(3)31(25)37)18-34-36-32(38)27-17-30(23-11-13-24(33)14-12-23)35-29-15-10-19(2)16-26(27)29/h7-18,21H,6H2,1-5H3,(H,36,38)/b34-18+/t21-/m0/s1. The summed E-state index contributed by atoms with van der Waals surface area (Å²) in [6.07, 6.45) is 2.79. The number of nitrogens with one attached hydrogen (secondary N) is 1. The van der Waals surface area contributed by atoms with Crippen LogP contribution in [-0.2, 0) is 0 Å². The Labute approximate surface area is 228 Å². The van der Waals surface area contributed by atoms with Crippen molar-refractivity contribution in [1.82, 2.24) is 15.0 Å². The van der Waals surface area contributed by atoms with Crippen LogP contribution in [0.5, 0.6) is 0 Å². The maximum absolute atomic E-state index is 13.5. The Kier molecular flexibility index (Phi) is 7.04. The van der Waals surface area contributed by atoms with Crippen LogP contribution in [0.15, 0.2) is 71.8 Å². The van der Waals surface area contributed by atoms with Crippen molar-refractivity contribution in [2.24, 2.45) is 5.10 Å². The number of pyridine rings is 1. The summed E-state index contributed by atoms with van der Waals surface area (Å²) in [5.74, 6) is -0.283. The van der Waals surface area contributed by atoms with Gasteiger partial charge in [0.05, 0.1) is 28.5 Å². The van der Waals surface area contributed by atoms with Crippen molar-refractivity contribution in [2.45, 2.75) is 47.1 Å². The summed E-state index contributed by atoms with van der Waals surface area (Å²) in [5.41, 5.74) is 11.3. The molecule has 5 rings (SSSR count). The number of amides is 1. The van der Waals surface area contributed by atoms with E-state index in [1.807, 2.05) is 55.5 Å². The molecule has 5 aromatic rings. The molecule has 38 heavy (non-hydrogen) atoms. The number of hydrazone groups is 1. The number of hydrogen-bond acceptors (Lipinski definition) is 3. The number of hydrogen-bond donors (Lipinski definition) is 1. The summed E-state index contributed by atoms with van der Waals surface area (Å²) in [6.45, 7) is 10.7. The Balaban J connectivity index is 1.53. The van der Waals surface area contributed by atoms with Gasteiger partial charge >= 0.3 is 0 Å². The lowest BCUT2D eigenvalue weighted by molar-refractivity contribution is 0.0956. The fourth-order valence-corrected chi connectivity index (χ4v) is 5.22. The largest absolute Gasteiger partial charge is 0.341 e. The van der Waals surface area contributed by atoms with E-state index in [-0.39, 0.29) is 5.91 Å². The highest BCUT2D eigenvalue weighted by molar-refractivity contribution is 6.30. The molecule has 1 N–H and O–H groups in total. The second-order valence-electron chi connectivity index (χ2n) is 9.88. The van der Waals surface area contributed by atoms with E-state index >= 15 is 0 Å². The first-order chi connectivity index (χ1) is 18.3. The Morgan fingerprint density at radius 1 is 1.05 bits per heavy atom. The number of rotatable bonds is 6. The zero-order valence-corrected chi connectivity index (χ0v) is 23.1. The third kappa shape index (κ3) is 4.70. The van der Waals surface area contributed by atoms with Crippen molar-refractivity contribution in [3.8, 4) is 11.3 Å². The zero-order valence-electron chi connectivity index (χ0n) is 22.3. The number of fused-ring (bicyclic) bond motifs is 2. The van der Waals surface area contributed by atoms with Crippen LogP contribution in [-0.4, -0.2) is 21.7 Å². The first-order valence-electron chi connectivity index (χ1n) is 12.9. The molecule has 0 radical (unpaired) electrons.